The van der Waals surface area contributed by atoms with E-state index in [9.17, 15) is 8.78 Å². The first-order valence-corrected chi connectivity index (χ1v) is 7.11. The first-order valence-electron chi connectivity index (χ1n) is 7.11. The largest absolute Gasteiger partial charge is 0.342 e. The van der Waals surface area contributed by atoms with Crippen LogP contribution in [0.25, 0.3) is 0 Å². The van der Waals surface area contributed by atoms with Gasteiger partial charge in [-0.25, -0.2) is 8.78 Å². The molecule has 0 aromatic heterocycles. The first-order chi connectivity index (χ1) is 10.1. The molecular formula is C17H20F2N2. The molecule has 0 aliphatic rings. The summed E-state index contributed by atoms with van der Waals surface area (Å²) in [6.45, 7) is 3.58. The van der Waals surface area contributed by atoms with Gasteiger partial charge in [0.05, 0.1) is 5.69 Å². The number of nitrogens with zero attached hydrogens (tertiary/aromatic N) is 1. The summed E-state index contributed by atoms with van der Waals surface area (Å²) in [5, 5.41) is 3.28. The fraction of sp³-hybridized carbons (Fsp3) is 0.294. The van der Waals surface area contributed by atoms with Gasteiger partial charge in [0.2, 0.25) is 0 Å². The molecule has 2 aromatic carbocycles. The maximum atomic E-state index is 14.2. The molecule has 0 heterocycles. The molecule has 21 heavy (non-hydrogen) atoms. The second-order valence-corrected chi connectivity index (χ2v) is 4.96. The van der Waals surface area contributed by atoms with Crippen LogP contribution in [-0.2, 0) is 6.54 Å². The Balaban J connectivity index is 2.30. The van der Waals surface area contributed by atoms with Crippen LogP contribution in [0.15, 0.2) is 42.5 Å². The van der Waals surface area contributed by atoms with Crippen LogP contribution in [-0.4, -0.2) is 13.6 Å². The molecule has 1 N–H and O–H groups in total. The molecule has 0 fully saturated rings. The second-order valence-electron chi connectivity index (χ2n) is 4.96. The van der Waals surface area contributed by atoms with E-state index in [0.29, 0.717) is 12.2 Å². The Morgan fingerprint density at radius 2 is 1.76 bits per heavy atom. The van der Waals surface area contributed by atoms with E-state index >= 15 is 0 Å². The van der Waals surface area contributed by atoms with Crippen LogP contribution < -0.4 is 10.2 Å². The molecule has 0 amide bonds. The van der Waals surface area contributed by atoms with Gasteiger partial charge in [-0.2, -0.15) is 0 Å². The SMILES string of the molecule is CCCNCc1cccc(F)c1N(C)c1ccc(F)cc1. The van der Waals surface area contributed by atoms with Gasteiger partial charge in [-0.3, -0.25) is 0 Å². The van der Waals surface area contributed by atoms with Gasteiger partial charge < -0.3 is 10.2 Å². The monoisotopic (exact) mass is 290 g/mol. The molecular weight excluding hydrogens is 270 g/mol. The Kier molecular flexibility index (Phi) is 5.28. The van der Waals surface area contributed by atoms with Crippen LogP contribution in [0.2, 0.25) is 0 Å². The van der Waals surface area contributed by atoms with Crippen molar-refractivity contribution in [1.29, 1.82) is 0 Å². The van der Waals surface area contributed by atoms with Crippen molar-refractivity contribution in [2.45, 2.75) is 19.9 Å². The number of nitrogens with one attached hydrogen (secondary N) is 1. The van der Waals surface area contributed by atoms with E-state index in [1.54, 1.807) is 30.1 Å². The summed E-state index contributed by atoms with van der Waals surface area (Å²) in [5.74, 6) is -0.580. The Hall–Kier alpha value is -1.94. The van der Waals surface area contributed by atoms with Crippen LogP contribution in [0.3, 0.4) is 0 Å². The number of anilines is 2. The molecule has 2 rings (SSSR count). The summed E-state index contributed by atoms with van der Waals surface area (Å²) >= 11 is 0. The molecule has 2 nitrogen and oxygen atoms in total. The van der Waals surface area contributed by atoms with Crippen molar-refractivity contribution in [2.24, 2.45) is 0 Å². The zero-order chi connectivity index (χ0) is 15.2. The fourth-order valence-electron chi connectivity index (χ4n) is 2.27. The number of hydrogen-bond donors (Lipinski definition) is 1. The molecule has 0 unspecified atom stereocenters. The third kappa shape index (κ3) is 3.79. The summed E-state index contributed by atoms with van der Waals surface area (Å²) in [5.41, 5.74) is 2.15. The highest BCUT2D eigenvalue weighted by Gasteiger charge is 2.14. The zero-order valence-electron chi connectivity index (χ0n) is 12.4. The lowest BCUT2D eigenvalue weighted by Crippen LogP contribution is -2.19. The maximum absolute atomic E-state index is 14.2. The molecule has 0 saturated carbocycles. The predicted octanol–water partition coefficient (Wildman–Crippen LogP) is 4.23. The Bertz CT molecular complexity index is 582. The smallest absolute Gasteiger partial charge is 0.147 e. The van der Waals surface area contributed by atoms with Gasteiger partial charge in [-0.05, 0) is 48.9 Å². The highest BCUT2D eigenvalue weighted by atomic mass is 19.1. The predicted molar refractivity (Wildman–Crippen MR) is 82.9 cm³/mol. The Morgan fingerprint density at radius 3 is 2.43 bits per heavy atom. The van der Waals surface area contributed by atoms with Crippen molar-refractivity contribution < 1.29 is 8.78 Å². The highest BCUT2D eigenvalue weighted by molar-refractivity contribution is 5.66. The summed E-state index contributed by atoms with van der Waals surface area (Å²) < 4.78 is 27.2. The number of para-hydroxylation sites is 1. The van der Waals surface area contributed by atoms with Gasteiger partial charge in [0.1, 0.15) is 11.6 Å². The minimum atomic E-state index is -0.300. The lowest BCUT2D eigenvalue weighted by Gasteiger charge is -2.23. The van der Waals surface area contributed by atoms with Gasteiger partial charge in [0, 0.05) is 19.3 Å². The lowest BCUT2D eigenvalue weighted by molar-refractivity contribution is 0.618. The van der Waals surface area contributed by atoms with Crippen molar-refractivity contribution in [3.63, 3.8) is 0 Å². The topological polar surface area (TPSA) is 15.3 Å². The molecule has 0 aliphatic heterocycles. The normalized spacial score (nSPS) is 10.7. The quantitative estimate of drug-likeness (QED) is 0.801. The first kappa shape index (κ1) is 15.4. The van der Waals surface area contributed by atoms with Crippen LogP contribution in [0.1, 0.15) is 18.9 Å². The molecule has 0 aliphatic carbocycles. The van der Waals surface area contributed by atoms with Crippen molar-refractivity contribution in [3.8, 4) is 0 Å². The minimum absolute atomic E-state index is 0.280. The van der Waals surface area contributed by atoms with Gasteiger partial charge in [0.25, 0.3) is 0 Å². The van der Waals surface area contributed by atoms with Crippen molar-refractivity contribution in [1.82, 2.24) is 5.32 Å². The molecule has 112 valence electrons. The second kappa shape index (κ2) is 7.18. The lowest BCUT2D eigenvalue weighted by atomic mass is 10.1. The number of halogens is 2. The molecule has 0 saturated heterocycles. The molecule has 0 radical (unpaired) electrons. The average molecular weight is 290 g/mol. The van der Waals surface area contributed by atoms with Crippen LogP contribution in [0.5, 0.6) is 0 Å². The summed E-state index contributed by atoms with van der Waals surface area (Å²) in [4.78, 5) is 1.75. The Labute approximate surface area is 124 Å². The van der Waals surface area contributed by atoms with E-state index in [1.165, 1.54) is 18.2 Å². The van der Waals surface area contributed by atoms with E-state index in [2.05, 4.69) is 12.2 Å². The van der Waals surface area contributed by atoms with E-state index in [-0.39, 0.29) is 11.6 Å². The van der Waals surface area contributed by atoms with Crippen LogP contribution in [0.4, 0.5) is 20.2 Å². The minimum Gasteiger partial charge on any atom is -0.342 e. The standard InChI is InChI=1S/C17H20F2N2/c1-3-11-20-12-13-5-4-6-16(19)17(13)21(2)15-9-7-14(18)8-10-15/h4-10,20H,3,11-12H2,1-2H3. The third-order valence-corrected chi connectivity index (χ3v) is 3.36. The summed E-state index contributed by atoms with van der Waals surface area (Å²) in [6.07, 6.45) is 1.03. The molecule has 2 aromatic rings. The molecule has 0 bridgehead atoms. The molecule has 4 heteroatoms. The summed E-state index contributed by atoms with van der Waals surface area (Å²) in [6, 6.07) is 11.1. The van der Waals surface area contributed by atoms with Gasteiger partial charge >= 0.3 is 0 Å². The van der Waals surface area contributed by atoms with Crippen molar-refractivity contribution in [2.75, 3.05) is 18.5 Å². The number of benzene rings is 2. The van der Waals surface area contributed by atoms with Crippen LogP contribution >= 0.6 is 0 Å². The maximum Gasteiger partial charge on any atom is 0.147 e. The molecule has 0 atom stereocenters. The number of rotatable bonds is 6. The van der Waals surface area contributed by atoms with Crippen molar-refractivity contribution in [3.05, 3.63) is 59.7 Å². The highest BCUT2D eigenvalue weighted by Crippen LogP contribution is 2.30. The average Bonchev–Trinajstić information content (AvgIpc) is 2.48. The summed E-state index contributed by atoms with van der Waals surface area (Å²) in [7, 11) is 1.79. The van der Waals surface area contributed by atoms with Crippen molar-refractivity contribution >= 4 is 11.4 Å². The van der Waals surface area contributed by atoms with E-state index < -0.39 is 0 Å². The zero-order valence-corrected chi connectivity index (χ0v) is 12.4. The van der Waals surface area contributed by atoms with E-state index in [0.717, 1.165) is 24.2 Å². The number of hydrogen-bond acceptors (Lipinski definition) is 2. The van der Waals surface area contributed by atoms with E-state index in [4.69, 9.17) is 0 Å². The van der Waals surface area contributed by atoms with E-state index in [1.807, 2.05) is 6.07 Å². The van der Waals surface area contributed by atoms with Crippen LogP contribution in [0, 0.1) is 11.6 Å². The van der Waals surface area contributed by atoms with Gasteiger partial charge in [-0.1, -0.05) is 19.1 Å². The fourth-order valence-corrected chi connectivity index (χ4v) is 2.27. The van der Waals surface area contributed by atoms with Gasteiger partial charge in [0.15, 0.2) is 0 Å². The molecule has 0 spiro atoms. The van der Waals surface area contributed by atoms with Gasteiger partial charge in [-0.15, -0.1) is 0 Å². The third-order valence-electron chi connectivity index (χ3n) is 3.36. The Morgan fingerprint density at radius 1 is 1.05 bits per heavy atom.